The van der Waals surface area contributed by atoms with E-state index in [2.05, 4.69) is 4.98 Å². The Bertz CT molecular complexity index is 779. The lowest BCUT2D eigenvalue weighted by Gasteiger charge is -2.43. The number of piperidine rings is 1. The van der Waals surface area contributed by atoms with Gasteiger partial charge < -0.3 is 14.7 Å². The molecule has 0 aliphatic carbocycles. The molecule has 4 rings (SSSR count). The number of aliphatic hydroxyl groups is 1. The smallest absolute Gasteiger partial charge is 0.410 e. The van der Waals surface area contributed by atoms with Gasteiger partial charge in [-0.2, -0.15) is 0 Å². The van der Waals surface area contributed by atoms with Crippen molar-refractivity contribution in [3.8, 4) is 0 Å². The molecule has 2 aliphatic rings. The van der Waals surface area contributed by atoms with Crippen LogP contribution in [0, 0.1) is 6.92 Å². The topological polar surface area (TPSA) is 62.7 Å². The molecule has 1 N–H and O–H groups in total. The van der Waals surface area contributed by atoms with Crippen LogP contribution in [0.15, 0.2) is 48.8 Å². The Labute approximate surface area is 153 Å². The highest BCUT2D eigenvalue weighted by atomic mass is 16.6. The van der Waals surface area contributed by atoms with Gasteiger partial charge in [0.1, 0.15) is 6.61 Å². The molecule has 2 bridgehead atoms. The molecule has 2 aliphatic heterocycles. The van der Waals surface area contributed by atoms with Crippen LogP contribution in [0.2, 0.25) is 0 Å². The van der Waals surface area contributed by atoms with E-state index < -0.39 is 5.60 Å². The van der Waals surface area contributed by atoms with Gasteiger partial charge in [-0.3, -0.25) is 4.98 Å². The highest BCUT2D eigenvalue weighted by Gasteiger charge is 2.50. The van der Waals surface area contributed by atoms with E-state index in [9.17, 15) is 9.90 Å². The molecule has 5 nitrogen and oxygen atoms in total. The fourth-order valence-electron chi connectivity index (χ4n) is 4.36. The van der Waals surface area contributed by atoms with Crippen LogP contribution in [-0.2, 0) is 16.9 Å². The van der Waals surface area contributed by atoms with Crippen LogP contribution in [0.3, 0.4) is 0 Å². The quantitative estimate of drug-likeness (QED) is 0.918. The molecule has 0 spiro atoms. The van der Waals surface area contributed by atoms with Crippen LogP contribution in [0.25, 0.3) is 0 Å². The number of pyridine rings is 1. The van der Waals surface area contributed by atoms with E-state index in [0.717, 1.165) is 29.5 Å². The summed E-state index contributed by atoms with van der Waals surface area (Å²) in [6, 6.07) is 11.7. The second-order valence-electron chi connectivity index (χ2n) is 7.52. The zero-order valence-electron chi connectivity index (χ0n) is 15.0. The van der Waals surface area contributed by atoms with Crippen molar-refractivity contribution in [3.05, 3.63) is 65.5 Å². The number of rotatable bonds is 3. The van der Waals surface area contributed by atoms with Crippen LogP contribution >= 0.6 is 0 Å². The van der Waals surface area contributed by atoms with E-state index in [0.29, 0.717) is 12.8 Å². The van der Waals surface area contributed by atoms with Gasteiger partial charge in [-0.15, -0.1) is 0 Å². The van der Waals surface area contributed by atoms with Crippen molar-refractivity contribution < 1.29 is 14.6 Å². The molecule has 26 heavy (non-hydrogen) atoms. The van der Waals surface area contributed by atoms with E-state index >= 15 is 0 Å². The monoisotopic (exact) mass is 352 g/mol. The first-order chi connectivity index (χ1) is 12.5. The highest BCUT2D eigenvalue weighted by Crippen LogP contribution is 2.45. The first-order valence-electron chi connectivity index (χ1n) is 9.19. The van der Waals surface area contributed by atoms with Crippen LogP contribution in [0.4, 0.5) is 4.79 Å². The lowest BCUT2D eigenvalue weighted by Crippen LogP contribution is -2.52. The molecule has 0 saturated carbocycles. The lowest BCUT2D eigenvalue weighted by molar-refractivity contribution is -0.0539. The largest absolute Gasteiger partial charge is 0.445 e. The van der Waals surface area contributed by atoms with Crippen molar-refractivity contribution in [1.29, 1.82) is 0 Å². The minimum atomic E-state index is -0.916. The molecule has 2 fully saturated rings. The molecular formula is C21H24N2O3. The summed E-state index contributed by atoms with van der Waals surface area (Å²) in [5.74, 6) is 0. The summed E-state index contributed by atoms with van der Waals surface area (Å²) in [4.78, 5) is 18.7. The Kier molecular flexibility index (Phi) is 4.41. The molecule has 2 unspecified atom stereocenters. The second kappa shape index (κ2) is 6.72. The SMILES string of the molecule is Cc1cncc(C2(O)CC3CCC(C2)N3C(=O)OCc2ccccc2)c1. The van der Waals surface area contributed by atoms with Crippen molar-refractivity contribution in [1.82, 2.24) is 9.88 Å². The molecule has 2 saturated heterocycles. The average molecular weight is 352 g/mol. The zero-order valence-corrected chi connectivity index (χ0v) is 15.0. The summed E-state index contributed by atoms with van der Waals surface area (Å²) in [6.07, 6.45) is 6.15. The van der Waals surface area contributed by atoms with E-state index in [-0.39, 0.29) is 24.8 Å². The number of ether oxygens (including phenoxy) is 1. The molecule has 1 aromatic heterocycles. The number of benzene rings is 1. The number of nitrogens with zero attached hydrogens (tertiary/aromatic N) is 2. The number of carbonyl (C=O) groups excluding carboxylic acids is 1. The van der Waals surface area contributed by atoms with Crippen molar-refractivity contribution in [3.63, 3.8) is 0 Å². The fraction of sp³-hybridized carbons (Fsp3) is 0.429. The predicted octanol–water partition coefficient (Wildman–Crippen LogP) is 3.54. The van der Waals surface area contributed by atoms with E-state index in [1.54, 1.807) is 12.4 Å². The number of hydrogen-bond acceptors (Lipinski definition) is 4. The number of aryl methyl sites for hydroxylation is 1. The van der Waals surface area contributed by atoms with Gasteiger partial charge in [0.05, 0.1) is 5.60 Å². The molecular weight excluding hydrogens is 328 g/mol. The van der Waals surface area contributed by atoms with Gasteiger partial charge >= 0.3 is 6.09 Å². The Morgan fingerprint density at radius 2 is 1.92 bits per heavy atom. The zero-order chi connectivity index (χ0) is 18.1. The average Bonchev–Trinajstić information content (AvgIpc) is 2.93. The third kappa shape index (κ3) is 3.19. The maximum absolute atomic E-state index is 12.6. The van der Waals surface area contributed by atoms with Crippen LogP contribution in [0.1, 0.15) is 42.4 Å². The summed E-state index contributed by atoms with van der Waals surface area (Å²) in [5, 5.41) is 11.2. The summed E-state index contributed by atoms with van der Waals surface area (Å²) < 4.78 is 5.53. The number of amides is 1. The predicted molar refractivity (Wildman–Crippen MR) is 97.4 cm³/mol. The molecule has 5 heteroatoms. The van der Waals surface area contributed by atoms with Gasteiger partial charge in [0.15, 0.2) is 0 Å². The number of hydrogen-bond donors (Lipinski definition) is 1. The molecule has 1 aromatic carbocycles. The number of aromatic nitrogens is 1. The molecule has 2 atom stereocenters. The van der Waals surface area contributed by atoms with Gasteiger partial charge in [0, 0.05) is 42.9 Å². The van der Waals surface area contributed by atoms with E-state index in [1.165, 1.54) is 0 Å². The molecule has 0 radical (unpaired) electrons. The third-order valence-electron chi connectivity index (χ3n) is 5.59. The Morgan fingerprint density at radius 1 is 1.23 bits per heavy atom. The second-order valence-corrected chi connectivity index (χ2v) is 7.52. The molecule has 136 valence electrons. The van der Waals surface area contributed by atoms with Crippen molar-refractivity contribution in [2.75, 3.05) is 0 Å². The van der Waals surface area contributed by atoms with Crippen molar-refractivity contribution in [2.45, 2.75) is 56.9 Å². The van der Waals surface area contributed by atoms with Gasteiger partial charge in [-0.05, 0) is 30.9 Å². The molecule has 1 amide bonds. The summed E-state index contributed by atoms with van der Waals surface area (Å²) in [6.45, 7) is 2.26. The van der Waals surface area contributed by atoms with E-state index in [4.69, 9.17) is 4.74 Å². The normalized spacial score (nSPS) is 27.4. The minimum Gasteiger partial charge on any atom is -0.445 e. The maximum Gasteiger partial charge on any atom is 0.410 e. The first kappa shape index (κ1) is 17.0. The van der Waals surface area contributed by atoms with Crippen LogP contribution < -0.4 is 0 Å². The fourth-order valence-corrected chi connectivity index (χ4v) is 4.36. The minimum absolute atomic E-state index is 0.0162. The first-order valence-corrected chi connectivity index (χ1v) is 9.19. The van der Waals surface area contributed by atoms with Crippen molar-refractivity contribution in [2.24, 2.45) is 0 Å². The Hall–Kier alpha value is -2.40. The van der Waals surface area contributed by atoms with E-state index in [1.807, 2.05) is 48.2 Å². The maximum atomic E-state index is 12.6. The third-order valence-corrected chi connectivity index (χ3v) is 5.59. The molecule has 2 aromatic rings. The lowest BCUT2D eigenvalue weighted by atomic mass is 9.81. The summed E-state index contributed by atoms with van der Waals surface area (Å²) in [7, 11) is 0. The van der Waals surface area contributed by atoms with Gasteiger partial charge in [0.25, 0.3) is 0 Å². The van der Waals surface area contributed by atoms with Gasteiger partial charge in [-0.1, -0.05) is 36.4 Å². The van der Waals surface area contributed by atoms with Crippen LogP contribution in [-0.4, -0.2) is 33.2 Å². The highest BCUT2D eigenvalue weighted by molar-refractivity contribution is 5.69. The van der Waals surface area contributed by atoms with Gasteiger partial charge in [-0.25, -0.2) is 4.79 Å². The number of carbonyl (C=O) groups is 1. The van der Waals surface area contributed by atoms with Crippen molar-refractivity contribution >= 4 is 6.09 Å². The molecule has 3 heterocycles. The summed E-state index contributed by atoms with van der Waals surface area (Å²) >= 11 is 0. The Balaban J connectivity index is 1.46. The number of fused-ring (bicyclic) bond motifs is 2. The summed E-state index contributed by atoms with van der Waals surface area (Å²) in [5.41, 5.74) is 1.95. The standard InChI is InChI=1S/C21H24N2O3/c1-15-9-17(13-22-12-15)21(25)10-18-7-8-19(11-21)23(18)20(24)26-14-16-5-3-2-4-6-16/h2-6,9,12-13,18-19,25H,7-8,10-11,14H2,1H3. The van der Waals surface area contributed by atoms with Gasteiger partial charge in [0.2, 0.25) is 0 Å². The Morgan fingerprint density at radius 3 is 2.58 bits per heavy atom. The van der Waals surface area contributed by atoms with Crippen LogP contribution in [0.5, 0.6) is 0 Å².